The number of nitrogens with two attached hydrogens (primary N) is 1. The van der Waals surface area contributed by atoms with Crippen molar-refractivity contribution in [2.45, 2.75) is 32.4 Å². The van der Waals surface area contributed by atoms with Crippen molar-refractivity contribution < 1.29 is 4.79 Å². The summed E-state index contributed by atoms with van der Waals surface area (Å²) in [5, 5.41) is 3.07. The van der Waals surface area contributed by atoms with Crippen molar-refractivity contribution >= 4 is 5.91 Å². The van der Waals surface area contributed by atoms with Crippen molar-refractivity contribution in [3.05, 3.63) is 35.9 Å². The van der Waals surface area contributed by atoms with Gasteiger partial charge in [0.05, 0.1) is 0 Å². The van der Waals surface area contributed by atoms with Gasteiger partial charge in [0.15, 0.2) is 0 Å². The highest BCUT2D eigenvalue weighted by Gasteiger charge is 2.20. The van der Waals surface area contributed by atoms with E-state index in [9.17, 15) is 4.79 Å². The standard InChI is InChI=1S/C16H27N3O/c1-12(2)10-14(11-19(3)4)18-16(20)15(17)13-8-6-5-7-9-13/h5-9,12,14-15H,10-11,17H2,1-4H3,(H,18,20). The van der Waals surface area contributed by atoms with Crippen molar-refractivity contribution in [1.29, 1.82) is 0 Å². The van der Waals surface area contributed by atoms with Crippen molar-refractivity contribution in [3.8, 4) is 0 Å². The number of hydrogen-bond acceptors (Lipinski definition) is 3. The summed E-state index contributed by atoms with van der Waals surface area (Å²) in [4.78, 5) is 14.3. The SMILES string of the molecule is CC(C)CC(CN(C)C)NC(=O)C(N)c1ccccc1. The number of likely N-dealkylation sites (N-methyl/N-ethyl adjacent to an activating group) is 1. The molecule has 0 saturated carbocycles. The second-order valence-corrected chi connectivity index (χ2v) is 5.99. The van der Waals surface area contributed by atoms with E-state index in [4.69, 9.17) is 5.73 Å². The lowest BCUT2D eigenvalue weighted by Crippen LogP contribution is -2.46. The number of carbonyl (C=O) groups excluding carboxylic acids is 1. The van der Waals surface area contributed by atoms with E-state index in [1.54, 1.807) is 0 Å². The summed E-state index contributed by atoms with van der Waals surface area (Å²) >= 11 is 0. The van der Waals surface area contributed by atoms with Gasteiger partial charge in [-0.25, -0.2) is 0 Å². The number of nitrogens with zero attached hydrogens (tertiary/aromatic N) is 1. The predicted molar refractivity (Wildman–Crippen MR) is 83.3 cm³/mol. The van der Waals surface area contributed by atoms with Gasteiger partial charge in [0, 0.05) is 12.6 Å². The highest BCUT2D eigenvalue weighted by molar-refractivity contribution is 5.83. The Morgan fingerprint density at radius 3 is 2.35 bits per heavy atom. The second kappa shape index (κ2) is 8.02. The summed E-state index contributed by atoms with van der Waals surface area (Å²) in [7, 11) is 4.02. The van der Waals surface area contributed by atoms with Crippen LogP contribution in [0.5, 0.6) is 0 Å². The van der Waals surface area contributed by atoms with Crippen LogP contribution in [0.15, 0.2) is 30.3 Å². The van der Waals surface area contributed by atoms with E-state index in [0.717, 1.165) is 18.5 Å². The molecule has 0 bridgehead atoms. The number of carbonyl (C=O) groups is 1. The Morgan fingerprint density at radius 2 is 1.85 bits per heavy atom. The van der Waals surface area contributed by atoms with Gasteiger partial charge in [-0.2, -0.15) is 0 Å². The van der Waals surface area contributed by atoms with E-state index in [1.807, 2.05) is 44.4 Å². The fourth-order valence-corrected chi connectivity index (χ4v) is 2.29. The molecule has 4 heteroatoms. The van der Waals surface area contributed by atoms with Gasteiger partial charge in [0.2, 0.25) is 5.91 Å². The molecule has 0 fully saturated rings. The lowest BCUT2D eigenvalue weighted by molar-refractivity contribution is -0.123. The molecule has 0 heterocycles. The van der Waals surface area contributed by atoms with Crippen LogP contribution >= 0.6 is 0 Å². The third-order valence-corrected chi connectivity index (χ3v) is 3.13. The molecule has 2 unspecified atom stereocenters. The summed E-state index contributed by atoms with van der Waals surface area (Å²) in [5.74, 6) is 0.428. The minimum atomic E-state index is -0.604. The van der Waals surface area contributed by atoms with Crippen molar-refractivity contribution in [2.75, 3.05) is 20.6 Å². The Kier molecular flexibility index (Phi) is 6.68. The molecule has 3 N–H and O–H groups in total. The molecule has 1 aromatic carbocycles. The Bertz CT molecular complexity index is 393. The maximum Gasteiger partial charge on any atom is 0.241 e. The van der Waals surface area contributed by atoms with E-state index in [1.165, 1.54) is 0 Å². The van der Waals surface area contributed by atoms with Crippen LogP contribution in [0.2, 0.25) is 0 Å². The second-order valence-electron chi connectivity index (χ2n) is 5.99. The molecule has 0 aromatic heterocycles. The van der Waals surface area contributed by atoms with Crippen LogP contribution in [0.3, 0.4) is 0 Å². The van der Waals surface area contributed by atoms with Gasteiger partial charge in [0.25, 0.3) is 0 Å². The van der Waals surface area contributed by atoms with E-state index >= 15 is 0 Å². The molecular formula is C16H27N3O. The number of benzene rings is 1. The predicted octanol–water partition coefficient (Wildman–Crippen LogP) is 1.78. The molecule has 0 aliphatic heterocycles. The lowest BCUT2D eigenvalue weighted by atomic mass is 10.0. The van der Waals surface area contributed by atoms with E-state index in [2.05, 4.69) is 24.1 Å². The smallest absolute Gasteiger partial charge is 0.241 e. The van der Waals surface area contributed by atoms with Gasteiger partial charge in [-0.15, -0.1) is 0 Å². The first-order chi connectivity index (χ1) is 9.40. The monoisotopic (exact) mass is 277 g/mol. The van der Waals surface area contributed by atoms with Crippen LogP contribution in [0.25, 0.3) is 0 Å². The molecule has 1 aromatic rings. The molecule has 0 saturated heterocycles. The zero-order valence-electron chi connectivity index (χ0n) is 13.0. The zero-order chi connectivity index (χ0) is 15.1. The molecule has 1 rings (SSSR count). The first kappa shape index (κ1) is 16.7. The average Bonchev–Trinajstić information content (AvgIpc) is 2.37. The third kappa shape index (κ3) is 5.72. The molecule has 0 radical (unpaired) electrons. The number of rotatable bonds is 7. The van der Waals surface area contributed by atoms with Gasteiger partial charge >= 0.3 is 0 Å². The maximum absolute atomic E-state index is 12.3. The summed E-state index contributed by atoms with van der Waals surface area (Å²) < 4.78 is 0. The van der Waals surface area contributed by atoms with Crippen LogP contribution in [0.4, 0.5) is 0 Å². The molecule has 4 nitrogen and oxygen atoms in total. The maximum atomic E-state index is 12.3. The molecule has 112 valence electrons. The molecule has 0 aliphatic carbocycles. The van der Waals surface area contributed by atoms with Crippen molar-refractivity contribution in [2.24, 2.45) is 11.7 Å². The summed E-state index contributed by atoms with van der Waals surface area (Å²) in [6.07, 6.45) is 0.950. The minimum absolute atomic E-state index is 0.108. The van der Waals surface area contributed by atoms with Gasteiger partial charge < -0.3 is 16.0 Å². The van der Waals surface area contributed by atoms with E-state index < -0.39 is 6.04 Å². The van der Waals surface area contributed by atoms with Gasteiger partial charge in [-0.3, -0.25) is 4.79 Å². The van der Waals surface area contributed by atoms with E-state index in [0.29, 0.717) is 5.92 Å². The third-order valence-electron chi connectivity index (χ3n) is 3.13. The van der Waals surface area contributed by atoms with Crippen molar-refractivity contribution in [3.63, 3.8) is 0 Å². The zero-order valence-corrected chi connectivity index (χ0v) is 13.0. The van der Waals surface area contributed by atoms with E-state index in [-0.39, 0.29) is 11.9 Å². The largest absolute Gasteiger partial charge is 0.350 e. The highest BCUT2D eigenvalue weighted by atomic mass is 16.2. The van der Waals surface area contributed by atoms with Gasteiger partial charge in [0.1, 0.15) is 6.04 Å². The Hall–Kier alpha value is -1.39. The fourth-order valence-electron chi connectivity index (χ4n) is 2.29. The number of nitrogens with one attached hydrogen (secondary N) is 1. The normalized spacial score (nSPS) is 14.3. The van der Waals surface area contributed by atoms with Crippen molar-refractivity contribution in [1.82, 2.24) is 10.2 Å². The molecule has 0 spiro atoms. The average molecular weight is 277 g/mol. The van der Waals surface area contributed by atoms with Crippen LogP contribution in [-0.4, -0.2) is 37.5 Å². The number of hydrogen-bond donors (Lipinski definition) is 2. The Balaban J connectivity index is 2.65. The van der Waals surface area contributed by atoms with Gasteiger partial charge in [-0.1, -0.05) is 44.2 Å². The quantitative estimate of drug-likeness (QED) is 0.798. The summed E-state index contributed by atoms with van der Waals surface area (Å²) in [6, 6.07) is 9.01. The minimum Gasteiger partial charge on any atom is -0.350 e. The Labute approximate surface area is 122 Å². The topological polar surface area (TPSA) is 58.4 Å². The fraction of sp³-hybridized carbons (Fsp3) is 0.562. The van der Waals surface area contributed by atoms with Crippen LogP contribution in [0, 0.1) is 5.92 Å². The lowest BCUT2D eigenvalue weighted by Gasteiger charge is -2.25. The summed E-state index contributed by atoms with van der Waals surface area (Å²) in [6.45, 7) is 5.14. The van der Waals surface area contributed by atoms with Crippen LogP contribution < -0.4 is 11.1 Å². The highest BCUT2D eigenvalue weighted by Crippen LogP contribution is 2.11. The summed E-state index contributed by atoms with van der Waals surface area (Å²) in [5.41, 5.74) is 6.87. The first-order valence-electron chi connectivity index (χ1n) is 7.15. The number of amides is 1. The first-order valence-corrected chi connectivity index (χ1v) is 7.15. The molecular weight excluding hydrogens is 250 g/mol. The van der Waals surface area contributed by atoms with Crippen LogP contribution in [-0.2, 0) is 4.79 Å². The Morgan fingerprint density at radius 1 is 1.25 bits per heavy atom. The van der Waals surface area contributed by atoms with Gasteiger partial charge in [-0.05, 0) is 32.0 Å². The molecule has 2 atom stereocenters. The molecule has 1 amide bonds. The van der Waals surface area contributed by atoms with Crippen LogP contribution in [0.1, 0.15) is 31.9 Å². The molecule has 20 heavy (non-hydrogen) atoms. The molecule has 0 aliphatic rings.